The van der Waals surface area contributed by atoms with Crippen LogP contribution >= 0.6 is 35.2 Å². The zero-order valence-electron chi connectivity index (χ0n) is 18.8. The van der Waals surface area contributed by atoms with Crippen LogP contribution in [0.3, 0.4) is 0 Å². The molecule has 5 unspecified atom stereocenters. The first-order chi connectivity index (χ1) is 16.0. The van der Waals surface area contributed by atoms with Crippen LogP contribution in [0.2, 0.25) is 0 Å². The van der Waals surface area contributed by atoms with E-state index in [0.717, 1.165) is 14.7 Å². The molecular formula is C24H25IO8S. The number of phenols is 1. The van der Waals surface area contributed by atoms with Crippen molar-refractivity contribution in [2.45, 2.75) is 57.0 Å². The third-order valence-corrected chi connectivity index (χ3v) is 6.62. The van der Waals surface area contributed by atoms with Crippen molar-refractivity contribution in [1.82, 2.24) is 0 Å². The van der Waals surface area contributed by atoms with Gasteiger partial charge in [-0.15, -0.1) is 12.6 Å². The van der Waals surface area contributed by atoms with Crippen LogP contribution in [0.4, 0.5) is 0 Å². The maximum Gasteiger partial charge on any atom is 0.303 e. The zero-order valence-corrected chi connectivity index (χ0v) is 21.8. The van der Waals surface area contributed by atoms with Gasteiger partial charge < -0.3 is 24.1 Å². The molecule has 0 amide bonds. The van der Waals surface area contributed by atoms with Crippen molar-refractivity contribution < 1.29 is 38.4 Å². The minimum absolute atomic E-state index is 0.186. The molecule has 0 radical (unpaired) electrons. The Labute approximate surface area is 216 Å². The van der Waals surface area contributed by atoms with Crippen molar-refractivity contribution in [3.63, 3.8) is 0 Å². The number of phenolic OH excluding ortho intramolecular Hbond substituents is 1. The summed E-state index contributed by atoms with van der Waals surface area (Å²) in [6.07, 6.45) is -3.52. The van der Waals surface area contributed by atoms with Crippen molar-refractivity contribution in [3.8, 4) is 5.75 Å². The molecule has 3 rings (SSSR count). The molecule has 2 aromatic carbocycles. The lowest BCUT2D eigenvalue weighted by molar-refractivity contribution is -0.233. The number of ether oxygens (including phenoxy) is 4. The molecule has 0 spiro atoms. The number of rotatable bonds is 6. The summed E-state index contributed by atoms with van der Waals surface area (Å²) in [4.78, 5) is 35.5. The molecule has 1 saturated heterocycles. The second-order valence-corrected chi connectivity index (χ2v) is 9.53. The Morgan fingerprint density at radius 3 is 2.06 bits per heavy atom. The van der Waals surface area contributed by atoms with Gasteiger partial charge in [-0.25, -0.2) is 0 Å². The minimum atomic E-state index is -1.12. The Morgan fingerprint density at radius 2 is 1.47 bits per heavy atom. The van der Waals surface area contributed by atoms with E-state index in [4.69, 9.17) is 18.9 Å². The van der Waals surface area contributed by atoms with Gasteiger partial charge in [-0.05, 0) is 63.9 Å². The highest BCUT2D eigenvalue weighted by atomic mass is 127. The first kappa shape index (κ1) is 26.3. The highest BCUT2D eigenvalue weighted by Crippen LogP contribution is 2.39. The van der Waals surface area contributed by atoms with Crippen LogP contribution in [-0.4, -0.2) is 46.8 Å². The molecule has 1 aliphatic heterocycles. The zero-order chi connectivity index (χ0) is 25.0. The van der Waals surface area contributed by atoms with E-state index in [2.05, 4.69) is 35.2 Å². The van der Waals surface area contributed by atoms with Crippen LogP contribution in [0.5, 0.6) is 5.75 Å². The molecule has 1 N–H and O–H groups in total. The van der Waals surface area contributed by atoms with Crippen LogP contribution in [0.1, 0.15) is 43.6 Å². The van der Waals surface area contributed by atoms with E-state index in [1.807, 2.05) is 30.3 Å². The molecule has 8 nitrogen and oxygen atoms in total. The molecule has 5 atom stereocenters. The predicted octanol–water partition coefficient (Wildman–Crippen LogP) is 3.71. The van der Waals surface area contributed by atoms with Gasteiger partial charge in [0.25, 0.3) is 0 Å². The lowest BCUT2D eigenvalue weighted by Crippen LogP contribution is -2.57. The average Bonchev–Trinajstić information content (AvgIpc) is 2.75. The van der Waals surface area contributed by atoms with E-state index in [1.165, 1.54) is 20.8 Å². The molecule has 0 saturated carbocycles. The predicted molar refractivity (Wildman–Crippen MR) is 133 cm³/mol. The van der Waals surface area contributed by atoms with Crippen molar-refractivity contribution in [2.75, 3.05) is 0 Å². The van der Waals surface area contributed by atoms with Crippen molar-refractivity contribution in [2.24, 2.45) is 0 Å². The largest absolute Gasteiger partial charge is 0.508 e. The highest BCUT2D eigenvalue weighted by Gasteiger charge is 2.51. The molecule has 1 heterocycles. The van der Waals surface area contributed by atoms with Gasteiger partial charge in [0, 0.05) is 24.3 Å². The fourth-order valence-electron chi connectivity index (χ4n) is 3.80. The van der Waals surface area contributed by atoms with E-state index in [0.29, 0.717) is 12.0 Å². The molecule has 2 aromatic rings. The summed E-state index contributed by atoms with van der Waals surface area (Å²) in [6, 6.07) is 12.6. The number of benzene rings is 2. The van der Waals surface area contributed by atoms with Gasteiger partial charge in [0.1, 0.15) is 17.3 Å². The van der Waals surface area contributed by atoms with E-state index < -0.39 is 47.8 Å². The number of halogens is 1. The molecule has 1 fully saturated rings. The fraction of sp³-hybridized carbons (Fsp3) is 0.375. The number of carbonyl (C=O) groups excluding carboxylic acids is 3. The van der Waals surface area contributed by atoms with Crippen molar-refractivity contribution >= 4 is 53.1 Å². The van der Waals surface area contributed by atoms with Gasteiger partial charge in [-0.1, -0.05) is 24.3 Å². The second kappa shape index (κ2) is 11.4. The monoisotopic (exact) mass is 600 g/mol. The van der Waals surface area contributed by atoms with Gasteiger partial charge in [0.05, 0.1) is 0 Å². The lowest BCUT2D eigenvalue weighted by Gasteiger charge is -2.43. The van der Waals surface area contributed by atoms with Crippen molar-refractivity contribution in [1.29, 1.82) is 0 Å². The molecule has 34 heavy (non-hydrogen) atoms. The van der Waals surface area contributed by atoms with E-state index in [9.17, 15) is 19.5 Å². The Balaban J connectivity index is 2.00. The maximum absolute atomic E-state index is 12.0. The van der Waals surface area contributed by atoms with E-state index in [-0.39, 0.29) is 5.75 Å². The minimum Gasteiger partial charge on any atom is -0.508 e. The summed E-state index contributed by atoms with van der Waals surface area (Å²) in [5.41, 5.74) is 1.72. The maximum atomic E-state index is 12.0. The van der Waals surface area contributed by atoms with Gasteiger partial charge in [0.15, 0.2) is 18.3 Å². The fourth-order valence-corrected chi connectivity index (χ4v) is 4.69. The Bertz CT molecular complexity index is 1060. The molecular weight excluding hydrogens is 575 g/mol. The van der Waals surface area contributed by atoms with Crippen LogP contribution in [-0.2, 0) is 39.8 Å². The summed E-state index contributed by atoms with van der Waals surface area (Å²) in [7, 11) is 0. The lowest BCUT2D eigenvalue weighted by atomic mass is 9.92. The van der Waals surface area contributed by atoms with Crippen LogP contribution in [0, 0.1) is 3.57 Å². The SMILES string of the molecule is CC(=O)OC1C(S)OC(c2ccc(I)c(Cc3ccc(O)cc3)c2)C(OC(C)=O)C1OC(C)=O. The molecule has 0 bridgehead atoms. The number of carbonyl (C=O) groups is 3. The number of thiol groups is 1. The smallest absolute Gasteiger partial charge is 0.303 e. The summed E-state index contributed by atoms with van der Waals surface area (Å²) in [5.74, 6) is -1.66. The normalized spacial score (nSPS) is 24.2. The Hall–Kier alpha value is -2.31. The van der Waals surface area contributed by atoms with Crippen molar-refractivity contribution in [3.05, 3.63) is 62.7 Å². The number of esters is 3. The number of aromatic hydroxyl groups is 1. The third kappa shape index (κ3) is 6.63. The molecule has 0 aliphatic carbocycles. The summed E-state index contributed by atoms with van der Waals surface area (Å²) in [5, 5.41) is 9.55. The molecule has 10 heteroatoms. The quantitative estimate of drug-likeness (QED) is 0.224. The average molecular weight is 600 g/mol. The summed E-state index contributed by atoms with van der Waals surface area (Å²) >= 11 is 6.66. The van der Waals surface area contributed by atoms with Crippen LogP contribution < -0.4 is 0 Å². The van der Waals surface area contributed by atoms with Gasteiger partial charge >= 0.3 is 17.9 Å². The molecule has 1 aliphatic rings. The van der Waals surface area contributed by atoms with E-state index >= 15 is 0 Å². The first-order valence-corrected chi connectivity index (χ1v) is 12.1. The standard InChI is InChI=1S/C24H25IO8S/c1-12(26)30-21-20(33-24(34)23(32-14(3)28)22(21)31-13(2)27)16-6-9-19(25)17(11-16)10-15-4-7-18(29)8-5-15/h4-9,11,20-24,29,34H,10H2,1-3H3. The van der Waals surface area contributed by atoms with E-state index in [1.54, 1.807) is 12.1 Å². The molecule has 0 aromatic heterocycles. The van der Waals surface area contributed by atoms with Gasteiger partial charge in [-0.2, -0.15) is 0 Å². The van der Waals surface area contributed by atoms with Gasteiger partial charge in [0.2, 0.25) is 0 Å². The number of hydrogen-bond acceptors (Lipinski definition) is 9. The third-order valence-electron chi connectivity index (χ3n) is 5.15. The first-order valence-electron chi connectivity index (χ1n) is 10.5. The van der Waals surface area contributed by atoms with Crippen LogP contribution in [0.15, 0.2) is 42.5 Å². The Kier molecular flexibility index (Phi) is 8.83. The topological polar surface area (TPSA) is 108 Å². The molecule has 182 valence electrons. The highest BCUT2D eigenvalue weighted by molar-refractivity contribution is 14.1. The summed E-state index contributed by atoms with van der Waals surface area (Å²) < 4.78 is 23.4. The second-order valence-electron chi connectivity index (χ2n) is 7.86. The number of hydrogen-bond donors (Lipinski definition) is 2. The van der Waals surface area contributed by atoms with Gasteiger partial charge in [-0.3, -0.25) is 14.4 Å². The summed E-state index contributed by atoms with van der Waals surface area (Å²) in [6.45, 7) is 3.67. The van der Waals surface area contributed by atoms with Crippen LogP contribution in [0.25, 0.3) is 0 Å². The Morgan fingerprint density at radius 1 is 0.912 bits per heavy atom.